The first kappa shape index (κ1) is 10.5. The zero-order chi connectivity index (χ0) is 12.3. The summed E-state index contributed by atoms with van der Waals surface area (Å²) in [5.41, 5.74) is 5.09. The molecule has 0 radical (unpaired) electrons. The highest BCUT2D eigenvalue weighted by Crippen LogP contribution is 2.68. The minimum absolute atomic E-state index is 0.181. The molecule has 0 aromatic heterocycles. The number of halogens is 1. The number of carbonyl (C=O) groups excluding carboxylic acids is 1. The molecule has 18 heavy (non-hydrogen) atoms. The average Bonchev–Trinajstić information content (AvgIpc) is 2.91. The largest absolute Gasteiger partial charge is 0.272 e. The molecule has 94 valence electrons. The van der Waals surface area contributed by atoms with Crippen molar-refractivity contribution in [3.05, 3.63) is 34.9 Å². The van der Waals surface area contributed by atoms with Crippen LogP contribution in [0.2, 0.25) is 0 Å². The lowest BCUT2D eigenvalue weighted by molar-refractivity contribution is -0.124. The van der Waals surface area contributed by atoms with Crippen molar-refractivity contribution in [3.63, 3.8) is 0 Å². The highest BCUT2D eigenvalue weighted by molar-refractivity contribution is 5.78. The Balaban J connectivity index is 1.73. The standard InChI is InChI=1S/C15H16FNO/c16-17-12(18)7-8-2-1-3-11-13(8)15-10-5-4-9(6-10)14(11)15/h1-3,9-10,14-15H,4-7H2,(H,17,18). The molecule has 2 fully saturated rings. The van der Waals surface area contributed by atoms with Crippen molar-refractivity contribution in [2.45, 2.75) is 37.5 Å². The molecule has 4 unspecified atom stereocenters. The highest BCUT2D eigenvalue weighted by Gasteiger charge is 2.55. The van der Waals surface area contributed by atoms with Gasteiger partial charge in [0, 0.05) is 0 Å². The molecular formula is C15H16FNO. The van der Waals surface area contributed by atoms with Gasteiger partial charge in [-0.2, -0.15) is 5.54 Å². The number of benzene rings is 1. The monoisotopic (exact) mass is 245 g/mol. The summed E-state index contributed by atoms with van der Waals surface area (Å²) in [5, 5.41) is 0. The second-order valence-electron chi connectivity index (χ2n) is 6.00. The Kier molecular flexibility index (Phi) is 2.08. The van der Waals surface area contributed by atoms with Crippen molar-refractivity contribution in [2.75, 3.05) is 0 Å². The molecule has 2 nitrogen and oxygen atoms in total. The number of hydrogen-bond acceptors (Lipinski definition) is 1. The van der Waals surface area contributed by atoms with Crippen LogP contribution in [-0.2, 0) is 11.2 Å². The second-order valence-corrected chi connectivity index (χ2v) is 6.00. The van der Waals surface area contributed by atoms with E-state index in [-0.39, 0.29) is 6.42 Å². The first-order chi connectivity index (χ1) is 8.79. The third-order valence-electron chi connectivity index (χ3n) is 5.30. The van der Waals surface area contributed by atoms with Crippen molar-refractivity contribution >= 4 is 5.91 Å². The Bertz CT molecular complexity index is 527. The van der Waals surface area contributed by atoms with E-state index in [9.17, 15) is 9.28 Å². The third-order valence-corrected chi connectivity index (χ3v) is 5.30. The molecule has 0 aliphatic heterocycles. The summed E-state index contributed by atoms with van der Waals surface area (Å²) < 4.78 is 12.1. The third kappa shape index (κ3) is 1.20. The maximum atomic E-state index is 12.1. The summed E-state index contributed by atoms with van der Waals surface area (Å²) in [6, 6.07) is 6.20. The quantitative estimate of drug-likeness (QED) is 0.797. The van der Waals surface area contributed by atoms with E-state index in [2.05, 4.69) is 6.07 Å². The maximum absolute atomic E-state index is 12.1. The summed E-state index contributed by atoms with van der Waals surface area (Å²) in [4.78, 5) is 11.2. The van der Waals surface area contributed by atoms with E-state index >= 15 is 0 Å². The highest BCUT2D eigenvalue weighted by atomic mass is 19.2. The summed E-state index contributed by atoms with van der Waals surface area (Å²) >= 11 is 0. The summed E-state index contributed by atoms with van der Waals surface area (Å²) in [5.74, 6) is 2.57. The molecule has 3 aliphatic carbocycles. The van der Waals surface area contributed by atoms with Gasteiger partial charge in [0.2, 0.25) is 0 Å². The van der Waals surface area contributed by atoms with Gasteiger partial charge in [-0.05, 0) is 59.6 Å². The summed E-state index contributed by atoms with van der Waals surface area (Å²) in [6.07, 6.45) is 4.26. The van der Waals surface area contributed by atoms with E-state index < -0.39 is 5.91 Å². The van der Waals surface area contributed by atoms with E-state index in [1.807, 2.05) is 12.1 Å². The number of amides is 1. The SMILES string of the molecule is O=C(Cc1cccc2c1C1C3CCC(C3)C21)NF. The van der Waals surface area contributed by atoms with Crippen molar-refractivity contribution < 1.29 is 9.28 Å². The molecule has 1 aromatic rings. The first-order valence-corrected chi connectivity index (χ1v) is 6.80. The fraction of sp³-hybridized carbons (Fsp3) is 0.533. The Morgan fingerprint density at radius 2 is 2.06 bits per heavy atom. The molecular weight excluding hydrogens is 229 g/mol. The van der Waals surface area contributed by atoms with E-state index in [4.69, 9.17) is 0 Å². The smallest absolute Gasteiger partial charge is 0.252 e. The van der Waals surface area contributed by atoms with Crippen LogP contribution in [0.5, 0.6) is 0 Å². The van der Waals surface area contributed by atoms with Crippen LogP contribution < -0.4 is 5.54 Å². The van der Waals surface area contributed by atoms with Crippen molar-refractivity contribution in [3.8, 4) is 0 Å². The van der Waals surface area contributed by atoms with Crippen LogP contribution in [-0.4, -0.2) is 5.91 Å². The predicted molar refractivity (Wildman–Crippen MR) is 65.7 cm³/mol. The van der Waals surface area contributed by atoms with Crippen molar-refractivity contribution in [1.82, 2.24) is 5.54 Å². The van der Waals surface area contributed by atoms with Crippen LogP contribution in [0, 0.1) is 11.8 Å². The number of nitrogens with one attached hydrogen (secondary N) is 1. The normalized spacial score (nSPS) is 34.7. The summed E-state index contributed by atoms with van der Waals surface area (Å²) in [7, 11) is 0. The van der Waals surface area contributed by atoms with Crippen molar-refractivity contribution in [2.24, 2.45) is 11.8 Å². The van der Waals surface area contributed by atoms with E-state index in [1.165, 1.54) is 35.9 Å². The van der Waals surface area contributed by atoms with E-state index in [1.54, 1.807) is 0 Å². The molecule has 0 heterocycles. The van der Waals surface area contributed by atoms with Gasteiger partial charge in [-0.3, -0.25) is 4.79 Å². The minimum atomic E-state index is -0.532. The lowest BCUT2D eigenvalue weighted by Crippen LogP contribution is -2.32. The molecule has 3 aliphatic rings. The molecule has 1 aromatic carbocycles. The van der Waals surface area contributed by atoms with Crippen molar-refractivity contribution in [1.29, 1.82) is 0 Å². The Hall–Kier alpha value is -1.38. The Morgan fingerprint density at radius 1 is 1.28 bits per heavy atom. The Labute approximate surface area is 106 Å². The summed E-state index contributed by atoms with van der Waals surface area (Å²) in [6.45, 7) is 0. The minimum Gasteiger partial charge on any atom is -0.272 e. The molecule has 0 spiro atoms. The molecule has 2 bridgehead atoms. The fourth-order valence-corrected chi connectivity index (χ4v) is 4.75. The van der Waals surface area contributed by atoms with Gasteiger partial charge >= 0.3 is 0 Å². The van der Waals surface area contributed by atoms with Gasteiger partial charge in [0.25, 0.3) is 5.91 Å². The Morgan fingerprint density at radius 3 is 2.83 bits per heavy atom. The molecule has 3 heteroatoms. The van der Waals surface area contributed by atoms with Gasteiger partial charge in [-0.15, -0.1) is 4.48 Å². The lowest BCUT2D eigenvalue weighted by atomic mass is 9.60. The first-order valence-electron chi connectivity index (χ1n) is 6.80. The van der Waals surface area contributed by atoms with Crippen LogP contribution >= 0.6 is 0 Å². The van der Waals surface area contributed by atoms with Crippen LogP contribution in [0.25, 0.3) is 0 Å². The van der Waals surface area contributed by atoms with Gasteiger partial charge in [0.05, 0.1) is 6.42 Å². The number of rotatable bonds is 2. The second kappa shape index (κ2) is 3.56. The molecule has 0 saturated heterocycles. The van der Waals surface area contributed by atoms with Crippen LogP contribution in [0.4, 0.5) is 4.48 Å². The molecule has 1 N–H and O–H groups in total. The van der Waals surface area contributed by atoms with Gasteiger partial charge in [0.1, 0.15) is 0 Å². The molecule has 4 atom stereocenters. The number of fused-ring (bicyclic) bond motifs is 8. The maximum Gasteiger partial charge on any atom is 0.252 e. The number of carbonyl (C=O) groups is 1. The van der Waals surface area contributed by atoms with Crippen LogP contribution in [0.15, 0.2) is 18.2 Å². The van der Waals surface area contributed by atoms with E-state index in [0.29, 0.717) is 5.92 Å². The van der Waals surface area contributed by atoms with Gasteiger partial charge in [0.15, 0.2) is 0 Å². The topological polar surface area (TPSA) is 29.1 Å². The van der Waals surface area contributed by atoms with Crippen LogP contribution in [0.1, 0.15) is 47.8 Å². The molecule has 4 rings (SSSR count). The van der Waals surface area contributed by atoms with Gasteiger partial charge < -0.3 is 0 Å². The fourth-order valence-electron chi connectivity index (χ4n) is 4.75. The zero-order valence-electron chi connectivity index (χ0n) is 10.2. The van der Waals surface area contributed by atoms with Gasteiger partial charge in [-0.1, -0.05) is 18.2 Å². The van der Waals surface area contributed by atoms with E-state index in [0.717, 1.165) is 23.3 Å². The molecule has 1 amide bonds. The van der Waals surface area contributed by atoms with Crippen LogP contribution in [0.3, 0.4) is 0 Å². The lowest BCUT2D eigenvalue weighted by Gasteiger charge is -2.44. The molecule has 2 saturated carbocycles. The van der Waals surface area contributed by atoms with Gasteiger partial charge in [-0.25, -0.2) is 0 Å². The number of hydrogen-bond donors (Lipinski definition) is 1. The predicted octanol–water partition coefficient (Wildman–Crippen LogP) is 2.84. The average molecular weight is 245 g/mol. The zero-order valence-corrected chi connectivity index (χ0v) is 10.2.